The SMILES string of the molecule is CC1(C)CC(CNc2ncccc2F)CCO1. The van der Waals surface area contributed by atoms with Crippen molar-refractivity contribution in [2.75, 3.05) is 18.5 Å². The van der Waals surface area contributed by atoms with Crippen LogP contribution in [0.15, 0.2) is 18.3 Å². The molecule has 4 heteroatoms. The molecule has 17 heavy (non-hydrogen) atoms. The molecule has 2 heterocycles. The van der Waals surface area contributed by atoms with Crippen LogP contribution in [0, 0.1) is 11.7 Å². The monoisotopic (exact) mass is 238 g/mol. The topological polar surface area (TPSA) is 34.2 Å². The summed E-state index contributed by atoms with van der Waals surface area (Å²) in [6, 6.07) is 3.02. The number of hydrogen-bond donors (Lipinski definition) is 1. The highest BCUT2D eigenvalue weighted by atomic mass is 19.1. The van der Waals surface area contributed by atoms with Crippen LogP contribution in [0.5, 0.6) is 0 Å². The van der Waals surface area contributed by atoms with Gasteiger partial charge in [0.2, 0.25) is 0 Å². The Hall–Kier alpha value is -1.16. The molecule has 0 amide bonds. The molecule has 1 saturated heterocycles. The van der Waals surface area contributed by atoms with Crippen molar-refractivity contribution in [3.05, 3.63) is 24.1 Å². The van der Waals surface area contributed by atoms with Crippen LogP contribution in [0.1, 0.15) is 26.7 Å². The minimum absolute atomic E-state index is 0.0622. The van der Waals surface area contributed by atoms with Gasteiger partial charge in [0.15, 0.2) is 11.6 Å². The van der Waals surface area contributed by atoms with Crippen molar-refractivity contribution in [3.63, 3.8) is 0 Å². The molecule has 0 spiro atoms. The summed E-state index contributed by atoms with van der Waals surface area (Å²) in [4.78, 5) is 3.98. The van der Waals surface area contributed by atoms with Gasteiger partial charge in [0, 0.05) is 19.3 Å². The van der Waals surface area contributed by atoms with Crippen molar-refractivity contribution in [2.24, 2.45) is 5.92 Å². The molecule has 0 aliphatic carbocycles. The Bertz CT molecular complexity index is 381. The molecule has 0 saturated carbocycles. The van der Waals surface area contributed by atoms with E-state index in [1.165, 1.54) is 6.07 Å². The maximum absolute atomic E-state index is 13.3. The first-order valence-electron chi connectivity index (χ1n) is 6.05. The van der Waals surface area contributed by atoms with Crippen LogP contribution in [-0.4, -0.2) is 23.7 Å². The van der Waals surface area contributed by atoms with E-state index in [9.17, 15) is 4.39 Å². The quantitative estimate of drug-likeness (QED) is 0.879. The van der Waals surface area contributed by atoms with E-state index in [-0.39, 0.29) is 11.4 Å². The number of rotatable bonds is 3. The van der Waals surface area contributed by atoms with Crippen molar-refractivity contribution in [2.45, 2.75) is 32.3 Å². The zero-order valence-electron chi connectivity index (χ0n) is 10.4. The van der Waals surface area contributed by atoms with Crippen LogP contribution in [-0.2, 0) is 4.74 Å². The average molecular weight is 238 g/mol. The first-order chi connectivity index (χ1) is 8.07. The number of anilines is 1. The number of aromatic nitrogens is 1. The minimum Gasteiger partial charge on any atom is -0.376 e. The molecular formula is C13H19FN2O. The average Bonchev–Trinajstić information content (AvgIpc) is 2.27. The molecule has 1 aliphatic rings. The predicted molar refractivity (Wildman–Crippen MR) is 65.4 cm³/mol. The van der Waals surface area contributed by atoms with Crippen LogP contribution in [0.25, 0.3) is 0 Å². The molecule has 0 bridgehead atoms. The molecule has 1 unspecified atom stereocenters. The molecule has 0 radical (unpaired) electrons. The van der Waals surface area contributed by atoms with Crippen molar-refractivity contribution < 1.29 is 9.13 Å². The van der Waals surface area contributed by atoms with Crippen LogP contribution in [0.3, 0.4) is 0 Å². The summed E-state index contributed by atoms with van der Waals surface area (Å²) in [7, 11) is 0. The van der Waals surface area contributed by atoms with Crippen LogP contribution in [0.2, 0.25) is 0 Å². The van der Waals surface area contributed by atoms with Crippen molar-refractivity contribution in [1.29, 1.82) is 0 Å². The Balaban J connectivity index is 1.88. The summed E-state index contributed by atoms with van der Waals surface area (Å²) in [5.41, 5.74) is -0.0622. The molecule has 3 nitrogen and oxygen atoms in total. The number of pyridine rings is 1. The van der Waals surface area contributed by atoms with Crippen LogP contribution in [0.4, 0.5) is 10.2 Å². The molecular weight excluding hydrogens is 219 g/mol. The summed E-state index contributed by atoms with van der Waals surface area (Å²) < 4.78 is 19.0. The second-order valence-corrected chi connectivity index (χ2v) is 5.18. The highest BCUT2D eigenvalue weighted by Crippen LogP contribution is 2.28. The Labute approximate surface area is 101 Å². The third-order valence-corrected chi connectivity index (χ3v) is 3.12. The van der Waals surface area contributed by atoms with Gasteiger partial charge in [0.05, 0.1) is 5.60 Å². The number of nitrogens with zero attached hydrogens (tertiary/aromatic N) is 1. The van der Waals surface area contributed by atoms with E-state index >= 15 is 0 Å². The predicted octanol–water partition coefficient (Wildman–Crippen LogP) is 2.84. The highest BCUT2D eigenvalue weighted by molar-refractivity contribution is 5.35. The number of hydrogen-bond acceptors (Lipinski definition) is 3. The zero-order chi connectivity index (χ0) is 12.3. The fourth-order valence-corrected chi connectivity index (χ4v) is 2.29. The smallest absolute Gasteiger partial charge is 0.165 e. The Morgan fingerprint density at radius 1 is 1.59 bits per heavy atom. The largest absolute Gasteiger partial charge is 0.376 e. The van der Waals surface area contributed by atoms with Gasteiger partial charge in [0.1, 0.15) is 0 Å². The Morgan fingerprint density at radius 3 is 3.12 bits per heavy atom. The molecule has 1 atom stereocenters. The third kappa shape index (κ3) is 3.40. The first kappa shape index (κ1) is 12.3. The maximum atomic E-state index is 13.3. The van der Waals surface area contributed by atoms with E-state index in [0.717, 1.165) is 26.0 Å². The van der Waals surface area contributed by atoms with Gasteiger partial charge < -0.3 is 10.1 Å². The van der Waals surface area contributed by atoms with Crippen molar-refractivity contribution in [3.8, 4) is 0 Å². The van der Waals surface area contributed by atoms with Gasteiger partial charge in [-0.05, 0) is 44.7 Å². The first-order valence-corrected chi connectivity index (χ1v) is 6.05. The molecule has 1 aromatic rings. The molecule has 0 aromatic carbocycles. The lowest BCUT2D eigenvalue weighted by molar-refractivity contribution is -0.0699. The van der Waals surface area contributed by atoms with Gasteiger partial charge in [-0.1, -0.05) is 0 Å². The lowest BCUT2D eigenvalue weighted by Gasteiger charge is -2.35. The van der Waals surface area contributed by atoms with Gasteiger partial charge in [-0.25, -0.2) is 9.37 Å². The Kier molecular flexibility index (Phi) is 3.62. The highest BCUT2D eigenvalue weighted by Gasteiger charge is 2.28. The van der Waals surface area contributed by atoms with Gasteiger partial charge in [0.25, 0.3) is 0 Å². The van der Waals surface area contributed by atoms with Crippen LogP contribution >= 0.6 is 0 Å². The fourth-order valence-electron chi connectivity index (χ4n) is 2.29. The second kappa shape index (κ2) is 5.00. The summed E-state index contributed by atoms with van der Waals surface area (Å²) in [6.45, 7) is 5.73. The lowest BCUT2D eigenvalue weighted by atomic mass is 9.88. The molecule has 1 N–H and O–H groups in total. The van der Waals surface area contributed by atoms with Crippen molar-refractivity contribution in [1.82, 2.24) is 4.98 Å². The lowest BCUT2D eigenvalue weighted by Crippen LogP contribution is -2.36. The van der Waals surface area contributed by atoms with E-state index in [4.69, 9.17) is 4.74 Å². The van der Waals surface area contributed by atoms with E-state index in [0.29, 0.717) is 11.7 Å². The summed E-state index contributed by atoms with van der Waals surface area (Å²) in [6.07, 6.45) is 3.61. The minimum atomic E-state index is -0.293. The van der Waals surface area contributed by atoms with Gasteiger partial charge in [-0.2, -0.15) is 0 Å². The van der Waals surface area contributed by atoms with Gasteiger partial charge in [-0.15, -0.1) is 0 Å². The normalized spacial score (nSPS) is 23.4. The number of ether oxygens (including phenoxy) is 1. The standard InChI is InChI=1S/C13H19FN2O/c1-13(2)8-10(5-7-17-13)9-16-12-11(14)4-3-6-15-12/h3-4,6,10H,5,7-9H2,1-2H3,(H,15,16). The van der Waals surface area contributed by atoms with Gasteiger partial charge in [-0.3, -0.25) is 0 Å². The van der Waals surface area contributed by atoms with Crippen LogP contribution < -0.4 is 5.32 Å². The summed E-state index contributed by atoms with van der Waals surface area (Å²) in [5, 5.41) is 3.08. The van der Waals surface area contributed by atoms with E-state index < -0.39 is 0 Å². The number of nitrogens with one attached hydrogen (secondary N) is 1. The third-order valence-electron chi connectivity index (χ3n) is 3.12. The Morgan fingerprint density at radius 2 is 2.41 bits per heavy atom. The fraction of sp³-hybridized carbons (Fsp3) is 0.615. The molecule has 1 fully saturated rings. The summed E-state index contributed by atoms with van der Waals surface area (Å²) >= 11 is 0. The van der Waals surface area contributed by atoms with Gasteiger partial charge >= 0.3 is 0 Å². The van der Waals surface area contributed by atoms with Crippen molar-refractivity contribution >= 4 is 5.82 Å². The van der Waals surface area contributed by atoms with E-state index in [1.807, 2.05) is 0 Å². The molecule has 1 aliphatic heterocycles. The molecule has 94 valence electrons. The maximum Gasteiger partial charge on any atom is 0.165 e. The zero-order valence-corrected chi connectivity index (χ0v) is 10.4. The van der Waals surface area contributed by atoms with E-state index in [1.54, 1.807) is 12.3 Å². The summed E-state index contributed by atoms with van der Waals surface area (Å²) in [5.74, 6) is 0.566. The molecule has 2 rings (SSSR count). The molecule has 1 aromatic heterocycles. The number of halogens is 1. The second-order valence-electron chi connectivity index (χ2n) is 5.18. The van der Waals surface area contributed by atoms with E-state index in [2.05, 4.69) is 24.1 Å².